The third-order valence-electron chi connectivity index (χ3n) is 3.02. The average Bonchev–Trinajstić information content (AvgIpc) is 2.04. The zero-order chi connectivity index (χ0) is 19.1. The van der Waals surface area contributed by atoms with Crippen LogP contribution in [-0.4, -0.2) is 40.9 Å². The quantitative estimate of drug-likeness (QED) is 0.278. The minimum Gasteiger partial charge on any atom is -0.282 e. The Balaban J connectivity index is 5.83. The van der Waals surface area contributed by atoms with Gasteiger partial charge in [-0.15, -0.1) is 0 Å². The van der Waals surface area contributed by atoms with Gasteiger partial charge in [0, 0.05) is 0 Å². The maximum atomic E-state index is 6.92. The van der Waals surface area contributed by atoms with Crippen LogP contribution in [0.15, 0.2) is 4.52 Å². The first-order valence-electron chi connectivity index (χ1n) is 8.03. The molecule has 0 atom stereocenters. The minimum absolute atomic E-state index is 0.986. The Kier molecular flexibility index (Phi) is 8.52. The van der Waals surface area contributed by atoms with Gasteiger partial charge in [-0.2, -0.15) is 4.00 Å². The Morgan fingerprint density at radius 3 is 1.17 bits per heavy atom. The van der Waals surface area contributed by atoms with Gasteiger partial charge in [-0.3, -0.25) is 4.00 Å². The molecule has 138 valence electrons. The van der Waals surface area contributed by atoms with Crippen LogP contribution >= 0.6 is 37.3 Å². The largest absolute Gasteiger partial charge is 0.391 e. The summed E-state index contributed by atoms with van der Waals surface area (Å²) in [6.45, 7) is 28.2. The Morgan fingerprint density at radius 1 is 0.652 bits per heavy atom. The second-order valence-electron chi connectivity index (χ2n) is 9.94. The molecule has 0 bridgehead atoms. The molecule has 0 radical (unpaired) electrons. The van der Waals surface area contributed by atoms with E-state index in [0.717, 1.165) is 8.52 Å². The standard InChI is InChI=1S/C12H36Cl2N3P2Si4/c1-20(2,3)16(21(4,5)6)18-15-19(13,14)17(22(7,8)9)23(10,11)12/h1-12H3/q+1. The van der Waals surface area contributed by atoms with Gasteiger partial charge >= 0.3 is 6.27 Å². The second-order valence-corrected chi connectivity index (χ2v) is 37.5. The summed E-state index contributed by atoms with van der Waals surface area (Å²) in [7, 11) is -5.19. The van der Waals surface area contributed by atoms with Crippen molar-refractivity contribution in [2.75, 3.05) is 0 Å². The lowest BCUT2D eigenvalue weighted by Crippen LogP contribution is -2.56. The molecule has 0 rings (SSSR count). The van der Waals surface area contributed by atoms with Crippen molar-refractivity contribution < 1.29 is 0 Å². The SMILES string of the molecule is C[Si](C)(C)N(P=N[P+](Cl)(Cl)N([Si](C)(C)C)[Si](C)(C)C)[Si](C)(C)C. The highest BCUT2D eigenvalue weighted by molar-refractivity contribution is 8.17. The van der Waals surface area contributed by atoms with Crippen LogP contribution in [0.3, 0.4) is 0 Å². The molecule has 11 heteroatoms. The molecule has 0 aliphatic rings. The fraction of sp³-hybridized carbons (Fsp3) is 1.00. The first kappa shape index (κ1) is 24.9. The van der Waals surface area contributed by atoms with Crippen LogP contribution in [0.2, 0.25) is 78.6 Å². The Hall–Kier alpha value is 1.90. The van der Waals surface area contributed by atoms with Crippen molar-refractivity contribution in [1.82, 2.24) is 8.00 Å². The van der Waals surface area contributed by atoms with Gasteiger partial charge in [0.1, 0.15) is 25.0 Å². The number of halogens is 2. The smallest absolute Gasteiger partial charge is 0.282 e. The zero-order valence-electron chi connectivity index (χ0n) is 17.0. The van der Waals surface area contributed by atoms with E-state index >= 15 is 0 Å². The van der Waals surface area contributed by atoms with E-state index in [1.165, 1.54) is 0 Å². The predicted octanol–water partition coefficient (Wildman–Crippen LogP) is 8.13. The average molecular weight is 468 g/mol. The summed E-state index contributed by atoms with van der Waals surface area (Å²) in [5, 5.41) is 0. The van der Waals surface area contributed by atoms with Crippen LogP contribution < -0.4 is 0 Å². The molecule has 0 aromatic heterocycles. The van der Waals surface area contributed by atoms with Gasteiger partial charge in [-0.05, 0) is 4.52 Å². The van der Waals surface area contributed by atoms with Crippen LogP contribution in [0.25, 0.3) is 0 Å². The zero-order valence-corrected chi connectivity index (χ0v) is 24.3. The van der Waals surface area contributed by atoms with Crippen molar-refractivity contribution in [2.45, 2.75) is 78.6 Å². The van der Waals surface area contributed by atoms with Crippen molar-refractivity contribution in [1.29, 1.82) is 0 Å². The van der Waals surface area contributed by atoms with Gasteiger partial charge in [0.25, 0.3) is 0 Å². The lowest BCUT2D eigenvalue weighted by atomic mass is 11.8. The number of hydrogen-bond donors (Lipinski definition) is 0. The monoisotopic (exact) mass is 466 g/mol. The van der Waals surface area contributed by atoms with Crippen LogP contribution in [0.4, 0.5) is 0 Å². The molecule has 0 unspecified atom stereocenters. The van der Waals surface area contributed by atoms with E-state index in [0.29, 0.717) is 0 Å². The van der Waals surface area contributed by atoms with Crippen molar-refractivity contribution in [3.05, 3.63) is 0 Å². The van der Waals surface area contributed by atoms with Crippen molar-refractivity contribution in [3.8, 4) is 0 Å². The lowest BCUT2D eigenvalue weighted by molar-refractivity contribution is 0.970. The molecule has 0 aliphatic heterocycles. The summed E-state index contributed by atoms with van der Waals surface area (Å²) in [5.41, 5.74) is 0. The summed E-state index contributed by atoms with van der Waals surface area (Å²) in [4.78, 5) is 0. The number of rotatable bonds is 7. The fourth-order valence-corrected chi connectivity index (χ4v) is 38.3. The van der Waals surface area contributed by atoms with Gasteiger partial charge < -0.3 is 0 Å². The van der Waals surface area contributed by atoms with Crippen LogP contribution in [0, 0.1) is 0 Å². The van der Waals surface area contributed by atoms with Gasteiger partial charge in [0.2, 0.25) is 0 Å². The first-order chi connectivity index (χ1) is 9.71. The second kappa shape index (κ2) is 7.87. The highest BCUT2D eigenvalue weighted by Gasteiger charge is 2.56. The van der Waals surface area contributed by atoms with E-state index in [1.807, 2.05) is 0 Å². The molecular weight excluding hydrogens is 431 g/mol. The first-order valence-corrected chi connectivity index (χ1v) is 26.1. The fourth-order valence-electron chi connectivity index (χ4n) is 3.13. The van der Waals surface area contributed by atoms with Crippen molar-refractivity contribution >= 4 is 70.2 Å². The van der Waals surface area contributed by atoms with Gasteiger partial charge in [0.05, 0.1) is 0 Å². The van der Waals surface area contributed by atoms with Crippen LogP contribution in [-0.2, 0) is 0 Å². The van der Waals surface area contributed by atoms with E-state index in [9.17, 15) is 0 Å². The molecule has 0 N–H and O–H groups in total. The minimum atomic E-state index is -2.47. The topological polar surface area (TPSA) is 18.8 Å². The van der Waals surface area contributed by atoms with Gasteiger partial charge in [0.15, 0.2) is 39.0 Å². The molecule has 0 aromatic rings. The normalized spacial score (nSPS) is 16.0. The van der Waals surface area contributed by atoms with E-state index in [2.05, 4.69) is 86.6 Å². The van der Waals surface area contributed by atoms with Crippen molar-refractivity contribution in [2.24, 2.45) is 4.52 Å². The molecule has 0 fully saturated rings. The Bertz CT molecular complexity index is 410. The maximum Gasteiger partial charge on any atom is 0.391 e. The molecular formula is C12H36Cl2N3P2Si4+. The van der Waals surface area contributed by atoms with E-state index in [4.69, 9.17) is 27.0 Å². The molecule has 0 saturated carbocycles. The Labute approximate surface area is 160 Å². The molecule has 23 heavy (non-hydrogen) atoms. The highest BCUT2D eigenvalue weighted by atomic mass is 35.9. The predicted molar refractivity (Wildman–Crippen MR) is 125 cm³/mol. The molecule has 0 aromatic carbocycles. The third-order valence-corrected chi connectivity index (χ3v) is 31.1. The summed E-state index contributed by atoms with van der Waals surface area (Å²) < 4.78 is 10.0. The van der Waals surface area contributed by atoms with E-state index in [-0.39, 0.29) is 0 Å². The summed E-state index contributed by atoms with van der Waals surface area (Å²) >= 11 is 13.8. The van der Waals surface area contributed by atoms with E-state index in [1.54, 1.807) is 0 Å². The number of nitrogens with zero attached hydrogens (tertiary/aromatic N) is 3. The van der Waals surface area contributed by atoms with Gasteiger partial charge in [-0.1, -0.05) is 78.6 Å². The highest BCUT2D eigenvalue weighted by Crippen LogP contribution is 2.77. The summed E-state index contributed by atoms with van der Waals surface area (Å²) in [6, 6.07) is 0. The van der Waals surface area contributed by atoms with E-state index < -0.39 is 39.2 Å². The Morgan fingerprint density at radius 2 is 0.957 bits per heavy atom. The summed E-state index contributed by atoms with van der Waals surface area (Å²) in [5.74, 6) is 0. The number of hydrogen-bond acceptors (Lipinski definition) is 2. The summed E-state index contributed by atoms with van der Waals surface area (Å²) in [6.07, 6.45) is -2.47. The lowest BCUT2D eigenvalue weighted by Gasteiger charge is -2.41. The van der Waals surface area contributed by atoms with Gasteiger partial charge in [-0.25, -0.2) is 0 Å². The molecule has 0 aliphatic carbocycles. The molecule has 0 heterocycles. The molecule has 0 saturated heterocycles. The third kappa shape index (κ3) is 7.98. The molecule has 0 amide bonds. The molecule has 3 nitrogen and oxygen atoms in total. The van der Waals surface area contributed by atoms with Crippen molar-refractivity contribution in [3.63, 3.8) is 0 Å². The van der Waals surface area contributed by atoms with Crippen LogP contribution in [0.1, 0.15) is 0 Å². The van der Waals surface area contributed by atoms with Crippen LogP contribution in [0.5, 0.6) is 0 Å². The molecule has 0 spiro atoms. The maximum absolute atomic E-state index is 6.92.